The number of cyclic esters (lactones) is 1. The number of aliphatic hydroxyl groups is 3. The van der Waals surface area contributed by atoms with Crippen molar-refractivity contribution in [2.45, 2.75) is 107 Å². The molecule has 2 amide bonds. The van der Waals surface area contributed by atoms with Crippen LogP contribution >= 0.6 is 0 Å². The number of hydrogen-bond donors (Lipinski definition) is 6. The Kier molecular flexibility index (Phi) is 12.9. The highest BCUT2D eigenvalue weighted by molar-refractivity contribution is 5.94. The van der Waals surface area contributed by atoms with Gasteiger partial charge in [0, 0.05) is 44.9 Å². The lowest BCUT2D eigenvalue weighted by Crippen LogP contribution is -2.65. The van der Waals surface area contributed by atoms with Crippen LogP contribution in [0.2, 0.25) is 0 Å². The van der Waals surface area contributed by atoms with Crippen LogP contribution in [0.5, 0.6) is 5.75 Å². The maximum Gasteiger partial charge on any atom is 0.342 e. The molecular weight excluding hydrogens is 600 g/mol. The third-order valence-corrected chi connectivity index (χ3v) is 8.07. The van der Waals surface area contributed by atoms with Crippen LogP contribution in [0.15, 0.2) is 54.8 Å². The molecule has 6 N–H and O–H groups in total. The standard InChI is InChI=1S/C33H44N2O11/c1-3-4-5-6-12-27(39)34-13-8-10-21-15-23-17-24(45-33-29(35-19(2)37)31(41)30(40)26(18-36)46-33)16-22(43-23)14-20-9-7-11-25(38)28(20)32(42)44-21/h4-9,11-13,21-24,26,29-31,33,36,38,40-41H,3,10,14-18H2,1-2H3,(H,34,39)(H,35,37)/t21-,22-,23-,24-,26+,29+,30+,31+,33+/m0/s1. The molecule has 0 spiro atoms. The first-order valence-electron chi connectivity index (χ1n) is 15.6. The first kappa shape index (κ1) is 35.3. The van der Waals surface area contributed by atoms with Crippen molar-refractivity contribution in [2.24, 2.45) is 0 Å². The van der Waals surface area contributed by atoms with E-state index in [1.54, 1.807) is 30.4 Å². The molecule has 1 aromatic carbocycles. The second-order valence-electron chi connectivity index (χ2n) is 11.7. The second-order valence-corrected chi connectivity index (χ2v) is 11.7. The van der Waals surface area contributed by atoms with Gasteiger partial charge in [0.2, 0.25) is 11.8 Å². The number of hydrogen-bond acceptors (Lipinski definition) is 11. The third-order valence-electron chi connectivity index (χ3n) is 8.07. The molecule has 2 saturated heterocycles. The lowest BCUT2D eigenvalue weighted by molar-refractivity contribution is -0.291. The minimum atomic E-state index is -1.45. The van der Waals surface area contributed by atoms with Gasteiger partial charge in [0.15, 0.2) is 6.29 Å². The highest BCUT2D eigenvalue weighted by Gasteiger charge is 2.47. The monoisotopic (exact) mass is 644 g/mol. The fraction of sp³-hybridized carbons (Fsp3) is 0.545. The van der Waals surface area contributed by atoms with Crippen molar-refractivity contribution in [1.29, 1.82) is 0 Å². The Hall–Kier alpha value is -3.59. The molecule has 4 rings (SSSR count). The summed E-state index contributed by atoms with van der Waals surface area (Å²) in [6.45, 7) is 2.69. The number of benzene rings is 1. The van der Waals surface area contributed by atoms with Crippen LogP contribution in [0.3, 0.4) is 0 Å². The lowest BCUT2D eigenvalue weighted by atomic mass is 9.90. The zero-order valence-electron chi connectivity index (χ0n) is 26.0. The molecular formula is C33H44N2O11. The van der Waals surface area contributed by atoms with E-state index in [1.165, 1.54) is 25.3 Å². The van der Waals surface area contributed by atoms with E-state index in [0.29, 0.717) is 18.4 Å². The molecule has 13 heteroatoms. The molecule has 0 saturated carbocycles. The van der Waals surface area contributed by atoms with Gasteiger partial charge >= 0.3 is 5.97 Å². The number of carbonyl (C=O) groups excluding carboxylic acids is 3. The maximum atomic E-state index is 13.3. The van der Waals surface area contributed by atoms with Crippen LogP contribution in [-0.2, 0) is 35.0 Å². The van der Waals surface area contributed by atoms with Gasteiger partial charge in [-0.15, -0.1) is 0 Å². The second kappa shape index (κ2) is 16.8. The number of nitrogens with one attached hydrogen (secondary N) is 2. The summed E-state index contributed by atoms with van der Waals surface area (Å²) in [5.74, 6) is -1.66. The van der Waals surface area contributed by atoms with Crippen LogP contribution in [-0.4, -0.2) is 99.9 Å². The van der Waals surface area contributed by atoms with E-state index in [-0.39, 0.29) is 36.5 Å². The molecule has 0 aliphatic carbocycles. The van der Waals surface area contributed by atoms with Gasteiger partial charge in [0.05, 0.1) is 24.9 Å². The molecule has 13 nitrogen and oxygen atoms in total. The molecule has 3 aliphatic rings. The van der Waals surface area contributed by atoms with Crippen molar-refractivity contribution < 1.29 is 53.8 Å². The minimum Gasteiger partial charge on any atom is -0.507 e. The Labute approximate surface area is 267 Å². The summed E-state index contributed by atoms with van der Waals surface area (Å²) >= 11 is 0. The predicted molar refractivity (Wildman–Crippen MR) is 164 cm³/mol. The molecule has 0 aromatic heterocycles. The molecule has 2 fully saturated rings. The van der Waals surface area contributed by atoms with E-state index in [0.717, 1.165) is 6.42 Å². The largest absolute Gasteiger partial charge is 0.507 e. The molecule has 0 unspecified atom stereocenters. The zero-order chi connectivity index (χ0) is 33.2. The van der Waals surface area contributed by atoms with Crippen molar-refractivity contribution in [3.63, 3.8) is 0 Å². The van der Waals surface area contributed by atoms with E-state index in [4.69, 9.17) is 18.9 Å². The van der Waals surface area contributed by atoms with E-state index in [9.17, 15) is 34.8 Å². The Morgan fingerprint density at radius 3 is 2.59 bits per heavy atom. The number of carbonyl (C=O) groups is 3. The third kappa shape index (κ3) is 9.47. The summed E-state index contributed by atoms with van der Waals surface area (Å²) in [7, 11) is 0. The van der Waals surface area contributed by atoms with Crippen molar-refractivity contribution in [1.82, 2.24) is 10.6 Å². The lowest BCUT2D eigenvalue weighted by Gasteiger charge is -2.45. The topological polar surface area (TPSA) is 193 Å². The van der Waals surface area contributed by atoms with E-state index in [1.807, 2.05) is 13.0 Å². The summed E-state index contributed by atoms with van der Waals surface area (Å²) in [5.41, 5.74) is 0.579. The highest BCUT2D eigenvalue weighted by Crippen LogP contribution is 2.34. The molecule has 3 aliphatic heterocycles. The number of esters is 1. The normalized spacial score (nSPS) is 31.8. The predicted octanol–water partition coefficient (Wildman–Crippen LogP) is 1.28. The van der Waals surface area contributed by atoms with Crippen molar-refractivity contribution in [2.75, 3.05) is 6.61 Å². The highest BCUT2D eigenvalue weighted by atomic mass is 16.7. The first-order chi connectivity index (χ1) is 22.1. The van der Waals surface area contributed by atoms with Crippen LogP contribution in [0.1, 0.15) is 61.9 Å². The number of fused-ring (bicyclic) bond motifs is 3. The quantitative estimate of drug-likeness (QED) is 0.122. The number of allylic oxidation sites excluding steroid dienone is 3. The summed E-state index contributed by atoms with van der Waals surface area (Å²) in [6.07, 6.45) is 4.94. The summed E-state index contributed by atoms with van der Waals surface area (Å²) in [4.78, 5) is 37.3. The fourth-order valence-electron chi connectivity index (χ4n) is 5.94. The van der Waals surface area contributed by atoms with Crippen molar-refractivity contribution in [3.8, 4) is 5.75 Å². The Morgan fingerprint density at radius 2 is 1.85 bits per heavy atom. The molecule has 0 radical (unpaired) electrons. The number of aliphatic hydroxyl groups excluding tert-OH is 3. The van der Waals surface area contributed by atoms with Gasteiger partial charge in [0.1, 0.15) is 41.8 Å². The smallest absolute Gasteiger partial charge is 0.342 e. The summed E-state index contributed by atoms with van der Waals surface area (Å²) < 4.78 is 24.4. The van der Waals surface area contributed by atoms with Gasteiger partial charge in [-0.05, 0) is 24.5 Å². The Balaban J connectivity index is 1.53. The first-order valence-corrected chi connectivity index (χ1v) is 15.6. The zero-order valence-corrected chi connectivity index (χ0v) is 26.0. The van der Waals surface area contributed by atoms with Crippen LogP contribution in [0, 0.1) is 0 Å². The van der Waals surface area contributed by atoms with Crippen LogP contribution < -0.4 is 10.6 Å². The average Bonchev–Trinajstić information content (AvgIpc) is 3.00. The SMILES string of the molecule is CCC=CC=CC(=O)NC=CC[C@H]1C[C@H]2C[C@@H](O[C@@H]3O[C@H](CO)[C@@H](O)[C@H](O)[C@H]3NC(C)=O)C[C@H](Cc3cccc(O)c3C(=O)O1)O2. The molecule has 9 atom stereocenters. The number of amides is 2. The Bertz CT molecular complexity index is 1300. The van der Waals surface area contributed by atoms with Crippen LogP contribution in [0.4, 0.5) is 0 Å². The molecule has 2 bridgehead atoms. The number of ether oxygens (including phenoxy) is 4. The fourth-order valence-corrected chi connectivity index (χ4v) is 5.94. The average molecular weight is 645 g/mol. The molecule has 46 heavy (non-hydrogen) atoms. The van der Waals surface area contributed by atoms with E-state index >= 15 is 0 Å². The summed E-state index contributed by atoms with van der Waals surface area (Å²) in [6, 6.07) is 3.66. The molecule has 252 valence electrons. The van der Waals surface area contributed by atoms with Gasteiger partial charge in [-0.2, -0.15) is 0 Å². The Morgan fingerprint density at radius 1 is 1.07 bits per heavy atom. The van der Waals surface area contributed by atoms with Crippen molar-refractivity contribution in [3.05, 3.63) is 65.9 Å². The number of rotatable bonds is 10. The number of phenols is 1. The number of phenolic OH excluding ortho intramolecular Hbond substituents is 1. The molecule has 3 heterocycles. The van der Waals surface area contributed by atoms with Gasteiger partial charge in [-0.25, -0.2) is 4.79 Å². The van der Waals surface area contributed by atoms with Gasteiger partial charge in [-0.3, -0.25) is 9.59 Å². The van der Waals surface area contributed by atoms with Crippen molar-refractivity contribution >= 4 is 17.8 Å². The van der Waals surface area contributed by atoms with Gasteiger partial charge in [0.25, 0.3) is 0 Å². The number of aromatic hydroxyl groups is 1. The van der Waals surface area contributed by atoms with Gasteiger partial charge in [-0.1, -0.05) is 43.4 Å². The van der Waals surface area contributed by atoms with E-state index in [2.05, 4.69) is 10.6 Å². The van der Waals surface area contributed by atoms with E-state index < -0.39 is 73.5 Å². The molecule has 1 aromatic rings. The van der Waals surface area contributed by atoms with Crippen LogP contribution in [0.25, 0.3) is 0 Å². The van der Waals surface area contributed by atoms with Gasteiger partial charge < -0.3 is 50.0 Å². The summed E-state index contributed by atoms with van der Waals surface area (Å²) in [5, 5.41) is 46.7. The maximum absolute atomic E-state index is 13.3. The minimum absolute atomic E-state index is 0.0457.